The van der Waals surface area contributed by atoms with Crippen LogP contribution in [-0.4, -0.2) is 29.4 Å². The first-order chi connectivity index (χ1) is 9.90. The average Bonchev–Trinajstić information content (AvgIpc) is 2.94. The first-order valence-electron chi connectivity index (χ1n) is 7.37. The minimum atomic E-state index is -0.357. The quantitative estimate of drug-likeness (QED) is 0.550. The SMILES string of the molecule is Cc1cc(Cl)ccc1O[C@@](I)(COC(C)C)C1CCNC1. The Balaban J connectivity index is 2.17. The van der Waals surface area contributed by atoms with Gasteiger partial charge < -0.3 is 14.8 Å². The van der Waals surface area contributed by atoms with Crippen molar-refractivity contribution >= 4 is 34.2 Å². The molecule has 5 heteroatoms. The van der Waals surface area contributed by atoms with Crippen molar-refractivity contribution in [1.29, 1.82) is 0 Å². The van der Waals surface area contributed by atoms with Crippen molar-refractivity contribution in [2.75, 3.05) is 19.7 Å². The zero-order valence-corrected chi connectivity index (χ0v) is 15.7. The summed E-state index contributed by atoms with van der Waals surface area (Å²) in [7, 11) is 0. The van der Waals surface area contributed by atoms with Gasteiger partial charge in [-0.1, -0.05) is 11.6 Å². The van der Waals surface area contributed by atoms with E-state index in [0.717, 1.165) is 35.8 Å². The third-order valence-electron chi connectivity index (χ3n) is 3.70. The second-order valence-corrected chi connectivity index (χ2v) is 8.11. The fourth-order valence-corrected chi connectivity index (χ4v) is 3.62. The van der Waals surface area contributed by atoms with Crippen molar-refractivity contribution in [1.82, 2.24) is 5.32 Å². The smallest absolute Gasteiger partial charge is 0.186 e. The molecule has 0 spiro atoms. The number of aryl methyl sites for hydroxylation is 1. The van der Waals surface area contributed by atoms with Crippen LogP contribution in [0.3, 0.4) is 0 Å². The van der Waals surface area contributed by atoms with Gasteiger partial charge in [-0.15, -0.1) is 0 Å². The second-order valence-electron chi connectivity index (χ2n) is 5.85. The molecule has 1 saturated heterocycles. The summed E-state index contributed by atoms with van der Waals surface area (Å²) in [5, 5.41) is 4.15. The summed E-state index contributed by atoms with van der Waals surface area (Å²) < 4.78 is 11.9. The largest absolute Gasteiger partial charge is 0.474 e. The van der Waals surface area contributed by atoms with Crippen molar-refractivity contribution in [3.8, 4) is 5.75 Å². The summed E-state index contributed by atoms with van der Waals surface area (Å²) in [6.45, 7) is 8.72. The van der Waals surface area contributed by atoms with Gasteiger partial charge in [0.05, 0.1) is 12.7 Å². The summed E-state index contributed by atoms with van der Waals surface area (Å²) >= 11 is 8.44. The number of ether oxygens (including phenoxy) is 2. The van der Waals surface area contributed by atoms with Crippen molar-refractivity contribution in [2.45, 2.75) is 36.9 Å². The summed E-state index contributed by atoms with van der Waals surface area (Å²) in [6.07, 6.45) is 1.31. The fourth-order valence-electron chi connectivity index (χ4n) is 2.44. The number of hydrogen-bond donors (Lipinski definition) is 1. The van der Waals surface area contributed by atoms with Gasteiger partial charge in [0.15, 0.2) is 3.61 Å². The molecule has 0 saturated carbocycles. The van der Waals surface area contributed by atoms with Gasteiger partial charge in [0, 0.05) is 17.5 Å². The van der Waals surface area contributed by atoms with E-state index in [4.69, 9.17) is 21.1 Å². The van der Waals surface area contributed by atoms with Crippen LogP contribution in [0.4, 0.5) is 0 Å². The number of rotatable bonds is 6. The maximum Gasteiger partial charge on any atom is 0.186 e. The zero-order chi connectivity index (χ0) is 15.5. The number of halogens is 2. The highest BCUT2D eigenvalue weighted by Gasteiger charge is 2.41. The Morgan fingerprint density at radius 3 is 2.81 bits per heavy atom. The van der Waals surface area contributed by atoms with Crippen LogP contribution in [-0.2, 0) is 4.74 Å². The molecule has 1 aromatic rings. The second kappa shape index (κ2) is 7.49. The molecule has 3 nitrogen and oxygen atoms in total. The predicted molar refractivity (Wildman–Crippen MR) is 95.6 cm³/mol. The first-order valence-corrected chi connectivity index (χ1v) is 8.83. The van der Waals surface area contributed by atoms with E-state index >= 15 is 0 Å². The summed E-state index contributed by atoms with van der Waals surface area (Å²) in [4.78, 5) is 0. The van der Waals surface area contributed by atoms with Crippen LogP contribution in [0.15, 0.2) is 18.2 Å². The van der Waals surface area contributed by atoms with Gasteiger partial charge in [-0.2, -0.15) is 0 Å². The number of benzene rings is 1. The van der Waals surface area contributed by atoms with Crippen LogP contribution in [0, 0.1) is 12.8 Å². The Morgan fingerprint density at radius 1 is 1.48 bits per heavy atom. The molecular weight excluding hydrogens is 401 g/mol. The predicted octanol–water partition coefficient (Wildman–Crippen LogP) is 4.19. The monoisotopic (exact) mass is 423 g/mol. The molecule has 21 heavy (non-hydrogen) atoms. The Morgan fingerprint density at radius 2 is 2.24 bits per heavy atom. The van der Waals surface area contributed by atoms with Crippen LogP contribution < -0.4 is 10.1 Å². The lowest BCUT2D eigenvalue weighted by Gasteiger charge is -2.35. The third-order valence-corrected chi connectivity index (χ3v) is 5.35. The third kappa shape index (κ3) is 4.71. The average molecular weight is 424 g/mol. The Kier molecular flexibility index (Phi) is 6.17. The molecule has 0 aromatic heterocycles. The number of hydrogen-bond acceptors (Lipinski definition) is 3. The van der Waals surface area contributed by atoms with Crippen molar-refractivity contribution in [3.05, 3.63) is 28.8 Å². The lowest BCUT2D eigenvalue weighted by atomic mass is 10.0. The Labute approximate surface area is 145 Å². The maximum absolute atomic E-state index is 6.39. The molecule has 1 aliphatic heterocycles. The Bertz CT molecular complexity index is 477. The topological polar surface area (TPSA) is 30.5 Å². The molecule has 1 aliphatic rings. The molecule has 0 aliphatic carbocycles. The highest BCUT2D eigenvalue weighted by molar-refractivity contribution is 14.1. The molecule has 0 bridgehead atoms. The van der Waals surface area contributed by atoms with Gasteiger partial charge in [0.2, 0.25) is 0 Å². The van der Waals surface area contributed by atoms with Gasteiger partial charge in [-0.05, 0) is 80.1 Å². The minimum absolute atomic E-state index is 0.198. The Hall–Kier alpha value is -0.0400. The van der Waals surface area contributed by atoms with Gasteiger partial charge in [-0.25, -0.2) is 0 Å². The zero-order valence-electron chi connectivity index (χ0n) is 12.8. The summed E-state index contributed by atoms with van der Waals surface area (Å²) in [5.74, 6) is 1.32. The van der Waals surface area contributed by atoms with E-state index in [1.807, 2.05) is 25.1 Å². The van der Waals surface area contributed by atoms with Gasteiger partial charge in [-0.3, -0.25) is 0 Å². The number of nitrogens with one attached hydrogen (secondary N) is 1. The van der Waals surface area contributed by atoms with Gasteiger partial charge in [0.1, 0.15) is 5.75 Å². The van der Waals surface area contributed by atoms with Gasteiger partial charge in [0.25, 0.3) is 0 Å². The van der Waals surface area contributed by atoms with E-state index in [0.29, 0.717) is 12.5 Å². The summed E-state index contributed by atoms with van der Waals surface area (Å²) in [6, 6.07) is 5.75. The standard InChI is InChI=1S/C16H23ClINO2/c1-11(2)20-10-16(18,13-6-7-19-9-13)21-15-5-4-14(17)8-12(15)3/h4-5,8,11,13,19H,6-7,9-10H2,1-3H3/t13?,16-/m0/s1. The lowest BCUT2D eigenvalue weighted by Crippen LogP contribution is -2.44. The van der Waals surface area contributed by atoms with E-state index in [-0.39, 0.29) is 9.71 Å². The molecule has 0 radical (unpaired) electrons. The molecule has 118 valence electrons. The molecule has 1 N–H and O–H groups in total. The van der Waals surface area contributed by atoms with E-state index in [1.165, 1.54) is 0 Å². The van der Waals surface area contributed by atoms with E-state index in [1.54, 1.807) is 0 Å². The molecule has 1 heterocycles. The molecule has 2 rings (SSSR count). The highest BCUT2D eigenvalue weighted by atomic mass is 127. The van der Waals surface area contributed by atoms with Crippen LogP contribution in [0.5, 0.6) is 5.75 Å². The van der Waals surface area contributed by atoms with Crippen LogP contribution in [0.2, 0.25) is 5.02 Å². The van der Waals surface area contributed by atoms with Crippen molar-refractivity contribution < 1.29 is 9.47 Å². The molecule has 1 unspecified atom stereocenters. The normalized spacial score (nSPS) is 21.5. The molecule has 1 aromatic carbocycles. The molecular formula is C16H23ClINO2. The lowest BCUT2D eigenvalue weighted by molar-refractivity contribution is -0.0133. The highest BCUT2D eigenvalue weighted by Crippen LogP contribution is 2.37. The van der Waals surface area contributed by atoms with E-state index in [2.05, 4.69) is 41.8 Å². The summed E-state index contributed by atoms with van der Waals surface area (Å²) in [5.41, 5.74) is 1.05. The van der Waals surface area contributed by atoms with Crippen LogP contribution >= 0.6 is 34.2 Å². The van der Waals surface area contributed by atoms with Gasteiger partial charge >= 0.3 is 0 Å². The molecule has 0 amide bonds. The van der Waals surface area contributed by atoms with Crippen molar-refractivity contribution in [3.63, 3.8) is 0 Å². The number of alkyl halides is 1. The van der Waals surface area contributed by atoms with Crippen LogP contribution in [0.1, 0.15) is 25.8 Å². The molecule has 2 atom stereocenters. The van der Waals surface area contributed by atoms with E-state index in [9.17, 15) is 0 Å². The minimum Gasteiger partial charge on any atom is -0.474 e. The van der Waals surface area contributed by atoms with Crippen molar-refractivity contribution in [2.24, 2.45) is 5.92 Å². The van der Waals surface area contributed by atoms with Crippen LogP contribution in [0.25, 0.3) is 0 Å². The maximum atomic E-state index is 6.39. The molecule has 1 fully saturated rings. The van der Waals surface area contributed by atoms with E-state index < -0.39 is 0 Å². The first kappa shape index (κ1) is 17.3. The fraction of sp³-hybridized carbons (Fsp3) is 0.625.